The maximum Gasteiger partial charge on any atom is 0.333 e. The van der Waals surface area contributed by atoms with E-state index in [9.17, 15) is 4.79 Å². The van der Waals surface area contributed by atoms with E-state index in [4.69, 9.17) is 24.5 Å². The lowest BCUT2D eigenvalue weighted by molar-refractivity contribution is -0.146. The van der Waals surface area contributed by atoms with Crippen molar-refractivity contribution in [1.29, 1.82) is 5.26 Å². The van der Waals surface area contributed by atoms with Crippen LogP contribution in [-0.4, -0.2) is 81.1 Å². The van der Waals surface area contributed by atoms with Gasteiger partial charge in [-0.25, -0.2) is 4.79 Å². The highest BCUT2D eigenvalue weighted by Gasteiger charge is 2.43. The second kappa shape index (κ2) is 24.4. The number of esters is 1. The van der Waals surface area contributed by atoms with E-state index in [0.717, 1.165) is 22.8 Å². The third-order valence-electron chi connectivity index (χ3n) is 6.66. The van der Waals surface area contributed by atoms with Crippen LogP contribution in [0.1, 0.15) is 66.5 Å². The molecule has 10 nitrogen and oxygen atoms in total. The van der Waals surface area contributed by atoms with Gasteiger partial charge >= 0.3 is 5.97 Å². The summed E-state index contributed by atoms with van der Waals surface area (Å²) in [5, 5.41) is 7.32. The van der Waals surface area contributed by atoms with Crippen molar-refractivity contribution >= 4 is 17.6 Å². The lowest BCUT2D eigenvalue weighted by Crippen LogP contribution is -2.59. The Morgan fingerprint density at radius 1 is 0.833 bits per heavy atom. The van der Waals surface area contributed by atoms with Crippen LogP contribution in [0.3, 0.4) is 0 Å². The number of guanidine groups is 1. The molecule has 0 radical (unpaired) electrons. The molecule has 1 heterocycles. The number of anilines is 1. The lowest BCUT2D eigenvalue weighted by atomic mass is 9.96. The number of nitrogens with zero attached hydrogens (tertiary/aromatic N) is 6. The van der Waals surface area contributed by atoms with Gasteiger partial charge in [0.2, 0.25) is 11.8 Å². The Hall–Kier alpha value is -4.78. The number of nitriles is 1. The zero-order valence-electron chi connectivity index (χ0n) is 32.3. The Bertz CT molecular complexity index is 1330. The largest absolute Gasteiger partial charge is 0.467 e. The van der Waals surface area contributed by atoms with Crippen LogP contribution in [0.2, 0.25) is 0 Å². The van der Waals surface area contributed by atoms with E-state index in [-0.39, 0.29) is 0 Å². The van der Waals surface area contributed by atoms with Gasteiger partial charge in [-0.3, -0.25) is 4.99 Å². The van der Waals surface area contributed by atoms with Crippen LogP contribution in [0.4, 0.5) is 5.69 Å². The maximum atomic E-state index is 13.4. The number of rotatable bonds is 9. The topological polar surface area (TPSA) is 104 Å². The maximum absolute atomic E-state index is 13.4. The molecule has 48 heavy (non-hydrogen) atoms. The Morgan fingerprint density at radius 3 is 1.52 bits per heavy atom. The first kappa shape index (κ1) is 45.3. The van der Waals surface area contributed by atoms with Crippen LogP contribution >= 0.6 is 0 Å². The third kappa shape index (κ3) is 12.8. The molecule has 3 rings (SSSR count). The van der Waals surface area contributed by atoms with Crippen molar-refractivity contribution in [3.8, 4) is 29.3 Å². The molecular weight excluding hydrogens is 604 g/mol. The molecule has 0 N–H and O–H groups in total. The van der Waals surface area contributed by atoms with Gasteiger partial charge in [0.15, 0.2) is 11.5 Å². The summed E-state index contributed by atoms with van der Waals surface area (Å²) in [6.45, 7) is 19.4. The van der Waals surface area contributed by atoms with Crippen molar-refractivity contribution < 1.29 is 19.0 Å². The second-order valence-corrected chi connectivity index (χ2v) is 9.97. The molecule has 0 spiro atoms. The number of carbonyl (C=O) groups is 1. The number of pyridine rings is 1. The summed E-state index contributed by atoms with van der Waals surface area (Å²) in [5.41, 5.74) is 1.16. The molecule has 1 unspecified atom stereocenters. The fourth-order valence-electron chi connectivity index (χ4n) is 4.66. The number of benzene rings is 2. The van der Waals surface area contributed by atoms with E-state index in [1.54, 1.807) is 13.1 Å². The summed E-state index contributed by atoms with van der Waals surface area (Å²) in [5.74, 6) is 2.37. The van der Waals surface area contributed by atoms with Crippen molar-refractivity contribution in [3.63, 3.8) is 0 Å². The minimum Gasteiger partial charge on any atom is -0.467 e. The number of aromatic nitrogens is 1. The highest BCUT2D eigenvalue weighted by molar-refractivity contribution is 5.88. The van der Waals surface area contributed by atoms with E-state index in [2.05, 4.69) is 4.99 Å². The Balaban J connectivity index is 0. The molecule has 3 aromatic rings. The van der Waals surface area contributed by atoms with Gasteiger partial charge in [-0.15, -0.1) is 0 Å². The molecule has 266 valence electrons. The third-order valence-corrected chi connectivity index (χ3v) is 6.66. The predicted octanol–water partition coefficient (Wildman–Crippen LogP) is 8.74. The highest BCUT2D eigenvalue weighted by atomic mass is 16.5. The summed E-state index contributed by atoms with van der Waals surface area (Å²) < 4.78 is 17.8. The molecular formula is C38H60N6O4. The number of aliphatic imine (C=N–C) groups is 1. The Labute approximate surface area is 291 Å². The number of hydrogen-bond acceptors (Lipinski definition) is 8. The highest BCUT2D eigenvalue weighted by Crippen LogP contribution is 2.41. The smallest absolute Gasteiger partial charge is 0.333 e. The van der Waals surface area contributed by atoms with E-state index in [0.29, 0.717) is 29.8 Å². The van der Waals surface area contributed by atoms with Crippen molar-refractivity contribution in [2.45, 2.75) is 74.8 Å². The summed E-state index contributed by atoms with van der Waals surface area (Å²) in [6.07, 6.45) is 0. The van der Waals surface area contributed by atoms with Crippen molar-refractivity contribution in [2.75, 3.05) is 53.8 Å². The number of carbonyl (C=O) groups excluding carboxylic acids is 1. The van der Waals surface area contributed by atoms with Crippen LogP contribution in [0.15, 0.2) is 65.7 Å². The van der Waals surface area contributed by atoms with Crippen molar-refractivity contribution in [2.24, 2.45) is 4.99 Å². The van der Waals surface area contributed by atoms with Gasteiger partial charge in [-0.05, 0) is 45.0 Å². The molecule has 1 aromatic heterocycles. The molecule has 10 heteroatoms. The van der Waals surface area contributed by atoms with Gasteiger partial charge in [0.05, 0.1) is 25.4 Å². The molecule has 0 amide bonds. The Morgan fingerprint density at radius 2 is 1.21 bits per heavy atom. The van der Waals surface area contributed by atoms with Crippen molar-refractivity contribution in [1.82, 2.24) is 14.8 Å². The fraction of sp³-hybridized carbons (Fsp3) is 0.474. The van der Waals surface area contributed by atoms with E-state index in [1.165, 1.54) is 14.0 Å². The van der Waals surface area contributed by atoms with Gasteiger partial charge < -0.3 is 28.9 Å². The quantitative estimate of drug-likeness (QED) is 0.126. The molecule has 2 aromatic carbocycles. The number of likely N-dealkylation sites (N-methyl/N-ethyl adjacent to an activating group) is 2. The van der Waals surface area contributed by atoms with E-state index < -0.39 is 11.5 Å². The van der Waals surface area contributed by atoms with Gasteiger partial charge in [-0.1, -0.05) is 77.9 Å². The molecule has 0 bridgehead atoms. The summed E-state index contributed by atoms with van der Waals surface area (Å²) >= 11 is 0. The first-order valence-corrected chi connectivity index (χ1v) is 16.4. The predicted molar refractivity (Wildman–Crippen MR) is 201 cm³/mol. The minimum atomic E-state index is -1.11. The summed E-state index contributed by atoms with van der Waals surface area (Å²) in [4.78, 5) is 28.3. The number of para-hydroxylation sites is 2. The monoisotopic (exact) mass is 664 g/mol. The SMILES string of the molecule is CC.CC.CC.CC#N.CN=C(N(C)C)N(C)CC(C)(C(=O)OC)N(C)c1c(C)c(Oc2ccccc2)nc(Oc2ccccc2)c1C. The number of methoxy groups -OCH3 is 1. The lowest BCUT2D eigenvalue weighted by Gasteiger charge is -2.42. The summed E-state index contributed by atoms with van der Waals surface area (Å²) in [7, 11) is 10.7. The molecule has 0 fully saturated rings. The number of hydrogen-bond donors (Lipinski definition) is 0. The molecule has 0 aliphatic rings. The molecule has 1 atom stereocenters. The standard InChI is InChI=1S/C30H39N5O4.C2H3N.3C2H6/c1-21-25(35(8)30(3,28(36)37-9)20-34(7)29(31-4)33(5)6)22(2)27(39-24-18-14-11-15-19-24)32-26(21)38-23-16-12-10-13-17-23;1-2-3;3*1-2/h10-19H,20H2,1-9H3;1H3;3*1-2H3. The van der Waals surface area contributed by atoms with Crippen LogP contribution < -0.4 is 14.4 Å². The van der Waals surface area contributed by atoms with Crippen molar-refractivity contribution in [3.05, 3.63) is 71.8 Å². The van der Waals surface area contributed by atoms with Crippen LogP contribution in [-0.2, 0) is 9.53 Å². The van der Waals surface area contributed by atoms with Crippen LogP contribution in [0.5, 0.6) is 23.3 Å². The molecule has 0 aliphatic carbocycles. The zero-order valence-corrected chi connectivity index (χ0v) is 32.3. The van der Waals surface area contributed by atoms with Gasteiger partial charge in [0.1, 0.15) is 11.5 Å². The van der Waals surface area contributed by atoms with E-state index in [1.807, 2.05) is 166 Å². The van der Waals surface area contributed by atoms with E-state index >= 15 is 0 Å². The zero-order chi connectivity index (χ0) is 37.4. The normalized spacial score (nSPS) is 10.9. The molecule has 0 aliphatic heterocycles. The Kier molecular flexibility index (Phi) is 23.1. The number of ether oxygens (including phenoxy) is 3. The van der Waals surface area contributed by atoms with Gasteiger partial charge in [-0.2, -0.15) is 10.2 Å². The van der Waals surface area contributed by atoms with Gasteiger partial charge in [0, 0.05) is 53.3 Å². The second-order valence-electron chi connectivity index (χ2n) is 9.97. The minimum absolute atomic E-state index is 0.298. The average Bonchev–Trinajstić information content (AvgIpc) is 3.10. The first-order valence-electron chi connectivity index (χ1n) is 16.4. The summed E-state index contributed by atoms with van der Waals surface area (Å²) in [6, 6.07) is 20.6. The average molecular weight is 665 g/mol. The van der Waals surface area contributed by atoms with Crippen LogP contribution in [0.25, 0.3) is 0 Å². The van der Waals surface area contributed by atoms with Crippen LogP contribution in [0, 0.1) is 25.2 Å². The first-order chi connectivity index (χ1) is 22.9. The molecule has 0 saturated heterocycles. The van der Waals surface area contributed by atoms with Gasteiger partial charge in [0.25, 0.3) is 0 Å². The molecule has 0 saturated carbocycles. The fourth-order valence-corrected chi connectivity index (χ4v) is 4.66.